The van der Waals surface area contributed by atoms with Gasteiger partial charge in [-0.15, -0.1) is 0 Å². The Bertz CT molecular complexity index is 1040. The summed E-state index contributed by atoms with van der Waals surface area (Å²) in [6.45, 7) is 7.45. The molecule has 9 heteroatoms. The minimum atomic E-state index is -0.861. The molecule has 35 heavy (non-hydrogen) atoms. The Morgan fingerprint density at radius 3 is 2.23 bits per heavy atom. The topological polar surface area (TPSA) is 117 Å². The van der Waals surface area contributed by atoms with Crippen LogP contribution < -0.4 is 0 Å². The molecule has 9 nitrogen and oxygen atoms in total. The van der Waals surface area contributed by atoms with E-state index in [1.807, 2.05) is 0 Å². The number of Topliss-reactive ketones (excluding diaryl/α,β-unsaturated/α-hetero) is 1. The minimum absolute atomic E-state index is 0.0763. The lowest BCUT2D eigenvalue weighted by Gasteiger charge is -2.26. The lowest BCUT2D eigenvalue weighted by Crippen LogP contribution is -2.34. The summed E-state index contributed by atoms with van der Waals surface area (Å²) >= 11 is 0. The zero-order valence-corrected chi connectivity index (χ0v) is 20.3. The van der Waals surface area contributed by atoms with Crippen molar-refractivity contribution in [3.05, 3.63) is 69.7 Å². The fourth-order valence-corrected chi connectivity index (χ4v) is 4.31. The highest BCUT2D eigenvalue weighted by Gasteiger charge is 2.47. The first-order valence-corrected chi connectivity index (χ1v) is 12.2. The van der Waals surface area contributed by atoms with E-state index < -0.39 is 22.7 Å². The molecule has 0 bridgehead atoms. The second-order valence-electron chi connectivity index (χ2n) is 8.71. The van der Waals surface area contributed by atoms with E-state index in [-0.39, 0.29) is 22.6 Å². The number of aliphatic hydroxyl groups excluding tert-OH is 1. The number of hydrogen-bond donors (Lipinski definition) is 1. The van der Waals surface area contributed by atoms with Crippen LogP contribution in [-0.4, -0.2) is 57.7 Å². The molecule has 0 spiro atoms. The second kappa shape index (κ2) is 12.3. The van der Waals surface area contributed by atoms with Crippen molar-refractivity contribution in [3.8, 4) is 0 Å². The minimum Gasteiger partial charge on any atom is -0.507 e. The molecular formula is C26H33N3O6. The normalized spacial score (nSPS) is 17.5. The number of furan rings is 1. The van der Waals surface area contributed by atoms with E-state index in [0.717, 1.165) is 45.3 Å². The van der Waals surface area contributed by atoms with Crippen LogP contribution in [-0.2, 0) is 9.59 Å². The van der Waals surface area contributed by atoms with Crippen molar-refractivity contribution in [1.82, 2.24) is 9.80 Å². The van der Waals surface area contributed by atoms with Crippen LogP contribution in [0.5, 0.6) is 0 Å². The van der Waals surface area contributed by atoms with Crippen molar-refractivity contribution in [1.29, 1.82) is 0 Å². The number of ketones is 1. The number of rotatable bonds is 13. The van der Waals surface area contributed by atoms with E-state index in [4.69, 9.17) is 4.42 Å². The van der Waals surface area contributed by atoms with Crippen LogP contribution in [0.3, 0.4) is 0 Å². The lowest BCUT2D eigenvalue weighted by molar-refractivity contribution is -0.384. The highest BCUT2D eigenvalue weighted by atomic mass is 16.6. The zero-order valence-electron chi connectivity index (χ0n) is 20.3. The molecule has 1 aliphatic heterocycles. The summed E-state index contributed by atoms with van der Waals surface area (Å²) in [5, 5.41) is 22.0. The lowest BCUT2D eigenvalue weighted by atomic mass is 9.99. The molecule has 0 unspecified atom stereocenters. The van der Waals surface area contributed by atoms with Gasteiger partial charge < -0.3 is 19.3 Å². The van der Waals surface area contributed by atoms with Crippen LogP contribution in [0.4, 0.5) is 5.69 Å². The van der Waals surface area contributed by atoms with Gasteiger partial charge in [-0.05, 0) is 63.2 Å². The number of carbonyl (C=O) groups is 2. The molecule has 0 saturated carbocycles. The Labute approximate surface area is 205 Å². The highest BCUT2D eigenvalue weighted by Crippen LogP contribution is 2.39. The second-order valence-corrected chi connectivity index (χ2v) is 8.71. The maximum Gasteiger partial charge on any atom is 0.295 e. The van der Waals surface area contributed by atoms with Gasteiger partial charge in [-0.3, -0.25) is 19.7 Å². The van der Waals surface area contributed by atoms with Gasteiger partial charge in [0.15, 0.2) is 0 Å². The van der Waals surface area contributed by atoms with Crippen LogP contribution in [0, 0.1) is 10.1 Å². The molecule has 3 rings (SSSR count). The number of nitro groups is 1. The molecule has 1 saturated heterocycles. The first-order chi connectivity index (χ1) is 16.9. The molecule has 0 radical (unpaired) electrons. The molecular weight excluding hydrogens is 450 g/mol. The van der Waals surface area contributed by atoms with E-state index in [0.29, 0.717) is 18.7 Å². The van der Waals surface area contributed by atoms with Gasteiger partial charge in [0.1, 0.15) is 17.6 Å². The van der Waals surface area contributed by atoms with Crippen LogP contribution in [0.25, 0.3) is 5.76 Å². The number of nitro benzene ring substituents is 1. The molecule has 1 aromatic heterocycles. The largest absolute Gasteiger partial charge is 0.507 e. The molecule has 0 aliphatic carbocycles. The Morgan fingerprint density at radius 1 is 1.06 bits per heavy atom. The van der Waals surface area contributed by atoms with Gasteiger partial charge in [-0.1, -0.05) is 26.7 Å². The van der Waals surface area contributed by atoms with E-state index in [1.54, 1.807) is 12.1 Å². The number of aliphatic hydroxyl groups is 1. The zero-order chi connectivity index (χ0) is 25.4. The predicted molar refractivity (Wildman–Crippen MR) is 132 cm³/mol. The number of likely N-dealkylation sites (tertiary alicyclic amines) is 1. The third kappa shape index (κ3) is 6.16. The standard InChI is InChI=1S/C26H33N3O6/c1-3-5-14-27(15-6-4-2)16-8-17-28-23(21-9-7-18-35-21)22(25(31)26(28)32)24(30)19-10-12-20(13-11-19)29(33)34/h7,9-13,18,23,30H,3-6,8,14-17H2,1-2H3/t23-/m0/s1. The summed E-state index contributed by atoms with van der Waals surface area (Å²) in [7, 11) is 0. The summed E-state index contributed by atoms with van der Waals surface area (Å²) in [6, 6.07) is 7.68. The molecule has 188 valence electrons. The number of amides is 1. The number of non-ortho nitro benzene ring substituents is 1. The number of unbranched alkanes of at least 4 members (excludes halogenated alkanes) is 2. The van der Waals surface area contributed by atoms with Crippen LogP contribution in [0.15, 0.2) is 52.7 Å². The molecule has 1 atom stereocenters. The fourth-order valence-electron chi connectivity index (χ4n) is 4.31. The highest BCUT2D eigenvalue weighted by molar-refractivity contribution is 6.46. The van der Waals surface area contributed by atoms with Gasteiger partial charge in [-0.25, -0.2) is 0 Å². The van der Waals surface area contributed by atoms with Gasteiger partial charge in [0.25, 0.3) is 17.4 Å². The maximum absolute atomic E-state index is 13.0. The average Bonchev–Trinajstić information content (AvgIpc) is 3.47. The van der Waals surface area contributed by atoms with Crippen molar-refractivity contribution in [2.45, 2.75) is 52.0 Å². The maximum atomic E-state index is 13.0. The van der Waals surface area contributed by atoms with E-state index in [2.05, 4.69) is 18.7 Å². The summed E-state index contributed by atoms with van der Waals surface area (Å²) in [6.07, 6.45) is 6.57. The molecule has 1 aliphatic rings. The Morgan fingerprint density at radius 2 is 1.69 bits per heavy atom. The molecule has 2 heterocycles. The predicted octanol–water partition coefficient (Wildman–Crippen LogP) is 4.90. The first kappa shape index (κ1) is 26.2. The third-order valence-corrected chi connectivity index (χ3v) is 6.23. The SMILES string of the molecule is CCCCN(CCCC)CCCN1C(=O)C(=O)C(=C(O)c2ccc([N+](=O)[O-])cc2)[C@@H]1c1ccco1. The Hall–Kier alpha value is -3.46. The van der Waals surface area contributed by atoms with E-state index >= 15 is 0 Å². The smallest absolute Gasteiger partial charge is 0.295 e. The van der Waals surface area contributed by atoms with E-state index in [9.17, 15) is 24.8 Å². The first-order valence-electron chi connectivity index (χ1n) is 12.2. The molecule has 1 amide bonds. The Kier molecular flexibility index (Phi) is 9.19. The quantitative estimate of drug-likeness (QED) is 0.142. The summed E-state index contributed by atoms with van der Waals surface area (Å²) in [4.78, 5) is 40.3. The Balaban J connectivity index is 1.86. The number of carbonyl (C=O) groups excluding carboxylic acids is 2. The molecule has 1 aromatic carbocycles. The van der Waals surface area contributed by atoms with Crippen molar-refractivity contribution in [2.24, 2.45) is 0 Å². The number of benzene rings is 1. The van der Waals surface area contributed by atoms with Crippen molar-refractivity contribution in [3.63, 3.8) is 0 Å². The summed E-state index contributed by atoms with van der Waals surface area (Å²) in [5.74, 6) is -1.49. The van der Waals surface area contributed by atoms with Crippen molar-refractivity contribution in [2.75, 3.05) is 26.2 Å². The van der Waals surface area contributed by atoms with Crippen LogP contribution >= 0.6 is 0 Å². The molecule has 2 aromatic rings. The van der Waals surface area contributed by atoms with Crippen LogP contribution in [0.2, 0.25) is 0 Å². The fraction of sp³-hybridized carbons (Fsp3) is 0.462. The van der Waals surface area contributed by atoms with Gasteiger partial charge in [0.2, 0.25) is 0 Å². The van der Waals surface area contributed by atoms with Crippen molar-refractivity contribution < 1.29 is 24.0 Å². The van der Waals surface area contributed by atoms with Crippen molar-refractivity contribution >= 4 is 23.1 Å². The van der Waals surface area contributed by atoms with Gasteiger partial charge >= 0.3 is 0 Å². The summed E-state index contributed by atoms with van der Waals surface area (Å²) in [5.41, 5.74) is 0.00312. The van der Waals surface area contributed by atoms with E-state index in [1.165, 1.54) is 35.4 Å². The monoisotopic (exact) mass is 483 g/mol. The number of hydrogen-bond acceptors (Lipinski definition) is 7. The molecule has 1 N–H and O–H groups in total. The number of nitrogens with zero attached hydrogens (tertiary/aromatic N) is 3. The third-order valence-electron chi connectivity index (χ3n) is 6.23. The molecule has 1 fully saturated rings. The average molecular weight is 484 g/mol. The van der Waals surface area contributed by atoms with Crippen LogP contribution in [0.1, 0.15) is 63.3 Å². The van der Waals surface area contributed by atoms with Gasteiger partial charge in [-0.2, -0.15) is 0 Å². The van der Waals surface area contributed by atoms with Gasteiger partial charge in [0, 0.05) is 24.2 Å². The van der Waals surface area contributed by atoms with Gasteiger partial charge in [0.05, 0.1) is 16.8 Å². The summed E-state index contributed by atoms with van der Waals surface area (Å²) < 4.78 is 5.55.